The number of esters is 1. The van der Waals surface area contributed by atoms with E-state index in [1.54, 1.807) is 6.92 Å². The van der Waals surface area contributed by atoms with E-state index in [0.29, 0.717) is 12.0 Å². The molecule has 0 radical (unpaired) electrons. The molecule has 0 bridgehead atoms. The van der Waals surface area contributed by atoms with Gasteiger partial charge in [0, 0.05) is 11.0 Å². The van der Waals surface area contributed by atoms with Crippen LogP contribution >= 0.6 is 0 Å². The Morgan fingerprint density at radius 2 is 1.69 bits per heavy atom. The van der Waals surface area contributed by atoms with E-state index in [1.165, 1.54) is 18.8 Å². The van der Waals surface area contributed by atoms with Crippen molar-refractivity contribution in [2.45, 2.75) is 86.2 Å². The molecule has 3 saturated carbocycles. The summed E-state index contributed by atoms with van der Waals surface area (Å²) < 4.78 is 5.24. The highest BCUT2D eigenvalue weighted by molar-refractivity contribution is 6.06. The lowest BCUT2D eigenvalue weighted by molar-refractivity contribution is -0.193. The molecule has 0 aromatic heterocycles. The zero-order valence-corrected chi connectivity index (χ0v) is 22.2. The summed E-state index contributed by atoms with van der Waals surface area (Å²) in [7, 11) is 1.48. The van der Waals surface area contributed by atoms with E-state index in [2.05, 4.69) is 33.8 Å². The SMILES string of the molecule is COC(=O)C1(C)CCC2(C)CCC3(C)C4=CC=C5C(=CC(=O)C(O)=C5C)C4(C)C(O)CC3(C)C2C1. The lowest BCUT2D eigenvalue weighted by Gasteiger charge is -2.70. The molecule has 0 saturated heterocycles. The molecular formula is C30H40O5. The number of hydrogen-bond donors (Lipinski definition) is 2. The molecule has 7 unspecified atom stereocenters. The molecular weight excluding hydrogens is 440 g/mol. The number of ketones is 1. The summed E-state index contributed by atoms with van der Waals surface area (Å²) in [5.41, 5.74) is 1.88. The minimum Gasteiger partial charge on any atom is -0.504 e. The molecule has 5 nitrogen and oxygen atoms in total. The van der Waals surface area contributed by atoms with Crippen molar-refractivity contribution in [3.8, 4) is 0 Å². The standard InChI is InChI=1S/C30H40O5/c1-17-18-8-9-21-28(4)13-12-26(2)10-11-27(3,25(34)35-7)15-22(26)29(28,5)16-23(32)30(21,6)19(18)14-20(31)24(17)33/h8-9,14,22-23,32-33H,10-13,15-16H2,1-7H3. The predicted octanol–water partition coefficient (Wildman–Crippen LogP) is 5.76. The van der Waals surface area contributed by atoms with Crippen LogP contribution in [-0.4, -0.2) is 35.2 Å². The van der Waals surface area contributed by atoms with E-state index < -0.39 is 16.9 Å². The fourth-order valence-corrected chi connectivity index (χ4v) is 8.92. The molecule has 0 aromatic rings. The van der Waals surface area contributed by atoms with Gasteiger partial charge in [-0.15, -0.1) is 0 Å². The van der Waals surface area contributed by atoms with Gasteiger partial charge in [-0.05, 0) is 98.7 Å². The Labute approximate surface area is 209 Å². The highest BCUT2D eigenvalue weighted by Crippen LogP contribution is 2.75. The molecule has 3 fully saturated rings. The lowest BCUT2D eigenvalue weighted by Crippen LogP contribution is -2.65. The monoisotopic (exact) mass is 480 g/mol. The first-order valence-electron chi connectivity index (χ1n) is 13.0. The van der Waals surface area contributed by atoms with Crippen molar-refractivity contribution in [2.75, 3.05) is 7.11 Å². The normalized spacial score (nSPS) is 46.9. The smallest absolute Gasteiger partial charge is 0.311 e. The molecule has 0 aliphatic heterocycles. The van der Waals surface area contributed by atoms with E-state index >= 15 is 0 Å². The van der Waals surface area contributed by atoms with Crippen molar-refractivity contribution in [3.63, 3.8) is 0 Å². The van der Waals surface area contributed by atoms with Crippen LogP contribution in [0.5, 0.6) is 0 Å². The number of allylic oxidation sites excluding steroid dienone is 5. The average Bonchev–Trinajstić information content (AvgIpc) is 2.81. The van der Waals surface area contributed by atoms with Gasteiger partial charge in [-0.1, -0.05) is 38.5 Å². The fraction of sp³-hybridized carbons (Fsp3) is 0.667. The Kier molecular flexibility index (Phi) is 5.06. The van der Waals surface area contributed by atoms with E-state index in [-0.39, 0.29) is 39.7 Å². The molecule has 0 amide bonds. The van der Waals surface area contributed by atoms with Crippen LogP contribution in [0.2, 0.25) is 0 Å². The third-order valence-electron chi connectivity index (χ3n) is 11.6. The minimum atomic E-state index is -0.704. The molecule has 0 aromatic carbocycles. The number of fused-ring (bicyclic) bond motifs is 7. The summed E-state index contributed by atoms with van der Waals surface area (Å²) in [6.07, 6.45) is 10.3. The number of aliphatic hydroxyl groups is 2. The highest BCUT2D eigenvalue weighted by Gasteiger charge is 2.69. The quantitative estimate of drug-likeness (QED) is 0.467. The Bertz CT molecular complexity index is 1160. The van der Waals surface area contributed by atoms with Crippen molar-refractivity contribution in [2.24, 2.45) is 33.0 Å². The molecule has 7 atom stereocenters. The van der Waals surface area contributed by atoms with Crippen LogP contribution in [0, 0.1) is 33.0 Å². The number of aliphatic hydroxyl groups excluding tert-OH is 2. The van der Waals surface area contributed by atoms with Crippen LogP contribution in [0.3, 0.4) is 0 Å². The second kappa shape index (κ2) is 7.21. The summed E-state index contributed by atoms with van der Waals surface area (Å²) in [6.45, 7) is 13.0. The Balaban J connectivity index is 1.67. The number of hydrogen-bond acceptors (Lipinski definition) is 5. The maximum atomic E-state index is 12.8. The molecule has 5 heteroatoms. The number of carbonyl (C=O) groups excluding carboxylic acids is 2. The van der Waals surface area contributed by atoms with Crippen LogP contribution in [-0.2, 0) is 14.3 Å². The van der Waals surface area contributed by atoms with Crippen molar-refractivity contribution < 1.29 is 24.5 Å². The molecule has 5 rings (SSSR count). The van der Waals surface area contributed by atoms with Crippen LogP contribution in [0.1, 0.15) is 80.1 Å². The van der Waals surface area contributed by atoms with Crippen molar-refractivity contribution in [1.82, 2.24) is 0 Å². The van der Waals surface area contributed by atoms with Gasteiger partial charge in [0.05, 0.1) is 18.6 Å². The number of methoxy groups -OCH3 is 1. The maximum absolute atomic E-state index is 12.8. The molecule has 2 N–H and O–H groups in total. The van der Waals surface area contributed by atoms with Gasteiger partial charge in [-0.2, -0.15) is 0 Å². The average molecular weight is 481 g/mol. The largest absolute Gasteiger partial charge is 0.504 e. The van der Waals surface area contributed by atoms with Gasteiger partial charge < -0.3 is 14.9 Å². The zero-order valence-electron chi connectivity index (χ0n) is 22.2. The van der Waals surface area contributed by atoms with Gasteiger partial charge in [0.25, 0.3) is 0 Å². The van der Waals surface area contributed by atoms with E-state index in [1.807, 2.05) is 13.0 Å². The Morgan fingerprint density at radius 3 is 2.34 bits per heavy atom. The van der Waals surface area contributed by atoms with Crippen LogP contribution in [0.25, 0.3) is 0 Å². The van der Waals surface area contributed by atoms with Gasteiger partial charge in [-0.25, -0.2) is 0 Å². The van der Waals surface area contributed by atoms with Crippen LogP contribution in [0.4, 0.5) is 0 Å². The molecule has 0 heterocycles. The summed E-state index contributed by atoms with van der Waals surface area (Å²) in [5.74, 6) is -0.474. The Morgan fingerprint density at radius 1 is 1.03 bits per heavy atom. The first-order valence-corrected chi connectivity index (χ1v) is 13.0. The predicted molar refractivity (Wildman–Crippen MR) is 134 cm³/mol. The van der Waals surface area contributed by atoms with Gasteiger partial charge >= 0.3 is 5.97 Å². The van der Waals surface area contributed by atoms with Crippen LogP contribution in [0.15, 0.2) is 46.3 Å². The van der Waals surface area contributed by atoms with E-state index in [0.717, 1.165) is 43.3 Å². The van der Waals surface area contributed by atoms with Crippen molar-refractivity contribution in [1.29, 1.82) is 0 Å². The first-order chi connectivity index (χ1) is 16.2. The molecule has 5 aliphatic carbocycles. The number of carbonyl (C=O) groups is 2. The fourth-order valence-electron chi connectivity index (χ4n) is 8.92. The van der Waals surface area contributed by atoms with Gasteiger partial charge in [0.2, 0.25) is 5.78 Å². The second-order valence-electron chi connectivity index (χ2n) is 13.2. The molecule has 5 aliphatic rings. The second-order valence-corrected chi connectivity index (χ2v) is 13.2. The summed E-state index contributed by atoms with van der Waals surface area (Å²) >= 11 is 0. The molecule has 0 spiro atoms. The number of ether oxygens (including phenoxy) is 1. The third kappa shape index (κ3) is 2.85. The number of rotatable bonds is 1. The third-order valence-corrected chi connectivity index (χ3v) is 11.6. The maximum Gasteiger partial charge on any atom is 0.311 e. The minimum absolute atomic E-state index is 0.108. The molecule has 35 heavy (non-hydrogen) atoms. The highest BCUT2D eigenvalue weighted by atomic mass is 16.5. The summed E-state index contributed by atoms with van der Waals surface area (Å²) in [4.78, 5) is 25.5. The van der Waals surface area contributed by atoms with E-state index in [9.17, 15) is 19.8 Å². The van der Waals surface area contributed by atoms with Gasteiger partial charge in [-0.3, -0.25) is 9.59 Å². The topological polar surface area (TPSA) is 83.8 Å². The van der Waals surface area contributed by atoms with Crippen molar-refractivity contribution in [3.05, 3.63) is 46.3 Å². The van der Waals surface area contributed by atoms with Gasteiger partial charge in [0.15, 0.2) is 5.76 Å². The van der Waals surface area contributed by atoms with E-state index in [4.69, 9.17) is 4.74 Å². The lowest BCUT2D eigenvalue weighted by atomic mass is 9.34. The zero-order chi connectivity index (χ0) is 25.8. The Hall–Kier alpha value is -2.14. The van der Waals surface area contributed by atoms with Crippen molar-refractivity contribution >= 4 is 11.8 Å². The summed E-state index contributed by atoms with van der Waals surface area (Å²) in [5, 5.41) is 22.2. The van der Waals surface area contributed by atoms with Gasteiger partial charge in [0.1, 0.15) is 0 Å². The summed E-state index contributed by atoms with van der Waals surface area (Å²) in [6, 6.07) is 0. The molecule has 190 valence electrons. The van der Waals surface area contributed by atoms with Crippen LogP contribution < -0.4 is 0 Å². The first kappa shape index (κ1) is 24.5.